The van der Waals surface area contributed by atoms with Gasteiger partial charge in [-0.05, 0) is 43.0 Å². The molecular formula is C18H27NO2. The highest BCUT2D eigenvalue weighted by Crippen LogP contribution is 2.35. The van der Waals surface area contributed by atoms with Gasteiger partial charge in [-0.25, -0.2) is 0 Å². The molecule has 1 aromatic rings. The lowest BCUT2D eigenvalue weighted by molar-refractivity contribution is 0.171. The molecule has 2 aliphatic rings. The first-order chi connectivity index (χ1) is 10.4. The van der Waals surface area contributed by atoms with Gasteiger partial charge < -0.3 is 14.8 Å². The zero-order valence-electron chi connectivity index (χ0n) is 13.1. The highest BCUT2D eigenvalue weighted by atomic mass is 16.6. The van der Waals surface area contributed by atoms with E-state index in [-0.39, 0.29) is 0 Å². The number of rotatable bonds is 6. The molecule has 1 aromatic carbocycles. The van der Waals surface area contributed by atoms with E-state index in [1.807, 2.05) is 0 Å². The molecule has 1 fully saturated rings. The first-order valence-electron chi connectivity index (χ1n) is 8.49. The Morgan fingerprint density at radius 3 is 2.67 bits per heavy atom. The summed E-state index contributed by atoms with van der Waals surface area (Å²) in [6, 6.07) is 6.85. The van der Waals surface area contributed by atoms with Crippen LogP contribution in [0.3, 0.4) is 0 Å². The summed E-state index contributed by atoms with van der Waals surface area (Å²) in [4.78, 5) is 0. The van der Waals surface area contributed by atoms with E-state index < -0.39 is 0 Å². The van der Waals surface area contributed by atoms with Crippen LogP contribution in [-0.4, -0.2) is 19.8 Å². The quantitative estimate of drug-likeness (QED) is 0.856. The van der Waals surface area contributed by atoms with Gasteiger partial charge in [0.15, 0.2) is 11.5 Å². The molecule has 1 atom stereocenters. The summed E-state index contributed by atoms with van der Waals surface area (Å²) in [6.07, 6.45) is 8.28. The van der Waals surface area contributed by atoms with Crippen molar-refractivity contribution in [2.75, 3.05) is 19.8 Å². The molecule has 1 aliphatic carbocycles. The number of hydrogen-bond donors (Lipinski definition) is 1. The lowest BCUT2D eigenvalue weighted by Crippen LogP contribution is -2.22. The minimum Gasteiger partial charge on any atom is -0.486 e. The number of fused-ring (bicyclic) bond motifs is 1. The largest absolute Gasteiger partial charge is 0.486 e. The Hall–Kier alpha value is -1.22. The Balaban J connectivity index is 1.67. The first-order valence-corrected chi connectivity index (χ1v) is 8.49. The lowest BCUT2D eigenvalue weighted by atomic mass is 9.94. The van der Waals surface area contributed by atoms with E-state index in [4.69, 9.17) is 9.47 Å². The van der Waals surface area contributed by atoms with Crippen LogP contribution in [0.1, 0.15) is 57.1 Å². The van der Waals surface area contributed by atoms with Crippen molar-refractivity contribution in [1.29, 1.82) is 0 Å². The van der Waals surface area contributed by atoms with E-state index in [1.165, 1.54) is 44.1 Å². The van der Waals surface area contributed by atoms with Crippen LogP contribution in [0.15, 0.2) is 18.2 Å². The molecule has 0 amide bonds. The molecule has 0 saturated heterocycles. The fourth-order valence-electron chi connectivity index (χ4n) is 3.61. The Morgan fingerprint density at radius 1 is 1.14 bits per heavy atom. The van der Waals surface area contributed by atoms with Crippen molar-refractivity contribution in [1.82, 2.24) is 5.32 Å². The average Bonchev–Trinajstić information content (AvgIpc) is 3.04. The normalized spacial score (nSPS) is 19.7. The van der Waals surface area contributed by atoms with Gasteiger partial charge in [0.25, 0.3) is 0 Å². The molecule has 0 radical (unpaired) electrons. The van der Waals surface area contributed by atoms with Crippen LogP contribution in [0.4, 0.5) is 0 Å². The van der Waals surface area contributed by atoms with Crippen LogP contribution in [0, 0.1) is 5.92 Å². The predicted octanol–water partition coefficient (Wildman–Crippen LogP) is 4.08. The van der Waals surface area contributed by atoms with Crippen LogP contribution >= 0.6 is 0 Å². The van der Waals surface area contributed by atoms with Gasteiger partial charge in [-0.3, -0.25) is 0 Å². The second-order valence-electron chi connectivity index (χ2n) is 6.24. The van der Waals surface area contributed by atoms with Crippen molar-refractivity contribution in [2.45, 2.75) is 51.5 Å². The zero-order chi connectivity index (χ0) is 14.5. The van der Waals surface area contributed by atoms with E-state index in [0.29, 0.717) is 19.3 Å². The molecular weight excluding hydrogens is 262 g/mol. The maximum absolute atomic E-state index is 5.72. The van der Waals surface area contributed by atoms with Gasteiger partial charge in [0.1, 0.15) is 13.2 Å². The summed E-state index contributed by atoms with van der Waals surface area (Å²) in [5, 5.41) is 3.63. The molecule has 1 unspecified atom stereocenters. The van der Waals surface area contributed by atoms with Crippen LogP contribution < -0.4 is 14.8 Å². The lowest BCUT2D eigenvalue weighted by Gasteiger charge is -2.23. The molecule has 116 valence electrons. The van der Waals surface area contributed by atoms with E-state index >= 15 is 0 Å². The average molecular weight is 289 g/mol. The van der Waals surface area contributed by atoms with Crippen molar-refractivity contribution in [2.24, 2.45) is 5.92 Å². The molecule has 1 heterocycles. The Labute approximate surface area is 128 Å². The number of nitrogens with one attached hydrogen (secondary N) is 1. The second-order valence-corrected chi connectivity index (χ2v) is 6.24. The van der Waals surface area contributed by atoms with Gasteiger partial charge in [-0.1, -0.05) is 38.7 Å². The maximum Gasteiger partial charge on any atom is 0.161 e. The van der Waals surface area contributed by atoms with Crippen molar-refractivity contribution >= 4 is 0 Å². The zero-order valence-corrected chi connectivity index (χ0v) is 13.1. The summed E-state index contributed by atoms with van der Waals surface area (Å²) in [7, 11) is 0. The molecule has 3 heteroatoms. The molecule has 0 spiro atoms. The standard InChI is InChI=1S/C18H27NO2/c1-2-19-16(9-7-14-5-3-4-6-14)15-8-10-17-18(13-15)21-12-11-20-17/h8,10,13-14,16,19H,2-7,9,11-12H2,1H3. The Kier molecular flexibility index (Phi) is 5.02. The highest BCUT2D eigenvalue weighted by molar-refractivity contribution is 5.44. The van der Waals surface area contributed by atoms with Crippen molar-refractivity contribution in [3.8, 4) is 11.5 Å². The summed E-state index contributed by atoms with van der Waals surface area (Å²) < 4.78 is 11.3. The molecule has 0 bridgehead atoms. The fourth-order valence-corrected chi connectivity index (χ4v) is 3.61. The van der Waals surface area contributed by atoms with E-state index in [1.54, 1.807) is 0 Å². The predicted molar refractivity (Wildman–Crippen MR) is 85.0 cm³/mol. The first kappa shape index (κ1) is 14.7. The fraction of sp³-hybridized carbons (Fsp3) is 0.667. The van der Waals surface area contributed by atoms with Crippen LogP contribution in [0.5, 0.6) is 11.5 Å². The third-order valence-corrected chi connectivity index (χ3v) is 4.76. The second kappa shape index (κ2) is 7.17. The van der Waals surface area contributed by atoms with Gasteiger partial charge in [-0.15, -0.1) is 0 Å². The number of ether oxygens (including phenoxy) is 2. The summed E-state index contributed by atoms with van der Waals surface area (Å²) in [5.74, 6) is 2.74. The Bertz CT molecular complexity index is 455. The van der Waals surface area contributed by atoms with E-state index in [9.17, 15) is 0 Å². The molecule has 0 aromatic heterocycles. The molecule has 3 rings (SSSR count). The van der Waals surface area contributed by atoms with E-state index in [0.717, 1.165) is 24.0 Å². The van der Waals surface area contributed by atoms with Crippen molar-refractivity contribution < 1.29 is 9.47 Å². The topological polar surface area (TPSA) is 30.5 Å². The molecule has 21 heavy (non-hydrogen) atoms. The van der Waals surface area contributed by atoms with Gasteiger partial charge in [0, 0.05) is 6.04 Å². The van der Waals surface area contributed by atoms with Crippen molar-refractivity contribution in [3.05, 3.63) is 23.8 Å². The molecule has 1 saturated carbocycles. The third-order valence-electron chi connectivity index (χ3n) is 4.76. The summed E-state index contributed by atoms with van der Waals surface area (Å²) in [6.45, 7) is 4.50. The van der Waals surface area contributed by atoms with Crippen LogP contribution in [-0.2, 0) is 0 Å². The SMILES string of the molecule is CCNC(CCC1CCCC1)c1ccc2c(c1)OCCO2. The molecule has 3 nitrogen and oxygen atoms in total. The van der Waals surface area contributed by atoms with Gasteiger partial charge in [0.2, 0.25) is 0 Å². The van der Waals surface area contributed by atoms with Crippen LogP contribution in [0.25, 0.3) is 0 Å². The summed E-state index contributed by atoms with van der Waals surface area (Å²) in [5.41, 5.74) is 1.33. The number of benzene rings is 1. The minimum absolute atomic E-state index is 0.437. The Morgan fingerprint density at radius 2 is 1.90 bits per heavy atom. The minimum atomic E-state index is 0.437. The number of hydrogen-bond acceptors (Lipinski definition) is 3. The van der Waals surface area contributed by atoms with Crippen LogP contribution in [0.2, 0.25) is 0 Å². The highest BCUT2D eigenvalue weighted by Gasteiger charge is 2.20. The molecule has 1 aliphatic heterocycles. The third kappa shape index (κ3) is 3.70. The smallest absolute Gasteiger partial charge is 0.161 e. The van der Waals surface area contributed by atoms with Gasteiger partial charge in [-0.2, -0.15) is 0 Å². The summed E-state index contributed by atoms with van der Waals surface area (Å²) >= 11 is 0. The maximum atomic E-state index is 5.72. The van der Waals surface area contributed by atoms with Crippen molar-refractivity contribution in [3.63, 3.8) is 0 Å². The van der Waals surface area contributed by atoms with E-state index in [2.05, 4.69) is 30.4 Å². The van der Waals surface area contributed by atoms with Gasteiger partial charge in [0.05, 0.1) is 0 Å². The molecule has 1 N–H and O–H groups in total. The monoisotopic (exact) mass is 289 g/mol. The van der Waals surface area contributed by atoms with Gasteiger partial charge >= 0.3 is 0 Å².